The lowest BCUT2D eigenvalue weighted by atomic mass is 10.2. The van der Waals surface area contributed by atoms with E-state index < -0.39 is 0 Å². The van der Waals surface area contributed by atoms with Gasteiger partial charge in [-0.15, -0.1) is 5.10 Å². The molecule has 1 unspecified atom stereocenters. The fourth-order valence-corrected chi connectivity index (χ4v) is 2.13. The zero-order valence-electron chi connectivity index (χ0n) is 12.6. The van der Waals surface area contributed by atoms with Crippen LogP contribution in [-0.2, 0) is 11.3 Å². The Morgan fingerprint density at radius 2 is 1.95 bits per heavy atom. The van der Waals surface area contributed by atoms with E-state index in [1.807, 2.05) is 51.1 Å². The predicted octanol–water partition coefficient (Wildman–Crippen LogP) is 1.74. The molecule has 1 amide bonds. The van der Waals surface area contributed by atoms with Gasteiger partial charge in [0.1, 0.15) is 6.54 Å². The number of benzene rings is 1. The molecule has 0 aliphatic heterocycles. The van der Waals surface area contributed by atoms with Gasteiger partial charge in [-0.05, 0) is 32.9 Å². The van der Waals surface area contributed by atoms with Crippen LogP contribution in [0.15, 0.2) is 36.5 Å². The fraction of sp³-hybridized carbons (Fsp3) is 0.400. The van der Waals surface area contributed by atoms with Crippen molar-refractivity contribution in [2.75, 3.05) is 4.90 Å². The lowest BCUT2D eigenvalue weighted by Crippen LogP contribution is -2.39. The topological polar surface area (TPSA) is 77.0 Å². The van der Waals surface area contributed by atoms with E-state index in [4.69, 9.17) is 5.73 Å². The van der Waals surface area contributed by atoms with Crippen LogP contribution >= 0.6 is 0 Å². The highest BCUT2D eigenvalue weighted by molar-refractivity contribution is 5.93. The van der Waals surface area contributed by atoms with Crippen LogP contribution in [0.4, 0.5) is 5.69 Å². The minimum Gasteiger partial charge on any atom is -0.323 e. The minimum atomic E-state index is -0.191. The SMILES string of the molecule is CC(N)c1cn(CC(=O)N(c2ccccc2)C(C)C)nn1. The van der Waals surface area contributed by atoms with Gasteiger partial charge in [-0.1, -0.05) is 23.4 Å². The molecule has 0 saturated heterocycles. The number of amides is 1. The first kappa shape index (κ1) is 15.2. The Balaban J connectivity index is 2.15. The molecule has 2 rings (SSSR count). The van der Waals surface area contributed by atoms with Crippen molar-refractivity contribution in [3.05, 3.63) is 42.2 Å². The summed E-state index contributed by atoms with van der Waals surface area (Å²) >= 11 is 0. The van der Waals surface area contributed by atoms with Crippen LogP contribution in [0.1, 0.15) is 32.5 Å². The summed E-state index contributed by atoms with van der Waals surface area (Å²) in [5.74, 6) is -0.0303. The predicted molar refractivity (Wildman–Crippen MR) is 81.7 cm³/mol. The molecule has 0 bridgehead atoms. The quantitative estimate of drug-likeness (QED) is 0.908. The molecule has 6 nitrogen and oxygen atoms in total. The molecule has 1 aromatic carbocycles. The molecule has 21 heavy (non-hydrogen) atoms. The maximum absolute atomic E-state index is 12.5. The summed E-state index contributed by atoms with van der Waals surface area (Å²) in [5, 5.41) is 7.91. The van der Waals surface area contributed by atoms with E-state index in [-0.39, 0.29) is 24.5 Å². The smallest absolute Gasteiger partial charge is 0.249 e. The minimum absolute atomic E-state index is 0.0303. The molecule has 0 spiro atoms. The highest BCUT2D eigenvalue weighted by Gasteiger charge is 2.20. The highest BCUT2D eigenvalue weighted by atomic mass is 16.2. The summed E-state index contributed by atoms with van der Waals surface area (Å²) in [6.45, 7) is 5.95. The van der Waals surface area contributed by atoms with E-state index in [1.165, 1.54) is 4.68 Å². The maximum Gasteiger partial charge on any atom is 0.249 e. The fourth-order valence-electron chi connectivity index (χ4n) is 2.13. The van der Waals surface area contributed by atoms with Crippen molar-refractivity contribution < 1.29 is 4.79 Å². The standard InChI is InChI=1S/C15H21N5O/c1-11(2)20(13-7-5-4-6-8-13)15(21)10-19-9-14(12(3)16)17-18-19/h4-9,11-12H,10,16H2,1-3H3. The summed E-state index contributed by atoms with van der Waals surface area (Å²) in [6, 6.07) is 9.49. The van der Waals surface area contributed by atoms with Crippen LogP contribution in [-0.4, -0.2) is 26.9 Å². The van der Waals surface area contributed by atoms with Crippen molar-refractivity contribution >= 4 is 11.6 Å². The molecule has 112 valence electrons. The Morgan fingerprint density at radius 1 is 1.29 bits per heavy atom. The monoisotopic (exact) mass is 287 g/mol. The summed E-state index contributed by atoms with van der Waals surface area (Å²) in [6.07, 6.45) is 1.71. The second-order valence-electron chi connectivity index (χ2n) is 5.32. The lowest BCUT2D eigenvalue weighted by molar-refractivity contribution is -0.119. The van der Waals surface area contributed by atoms with Gasteiger partial charge >= 0.3 is 0 Å². The van der Waals surface area contributed by atoms with Crippen LogP contribution in [0.5, 0.6) is 0 Å². The Kier molecular flexibility index (Phi) is 4.70. The van der Waals surface area contributed by atoms with Crippen LogP contribution in [0, 0.1) is 0 Å². The van der Waals surface area contributed by atoms with Crippen LogP contribution in [0.3, 0.4) is 0 Å². The van der Waals surface area contributed by atoms with E-state index in [0.717, 1.165) is 5.69 Å². The number of carbonyl (C=O) groups is 1. The molecule has 0 fully saturated rings. The Hall–Kier alpha value is -2.21. The summed E-state index contributed by atoms with van der Waals surface area (Å²) in [4.78, 5) is 14.3. The van der Waals surface area contributed by atoms with Gasteiger partial charge in [0.15, 0.2) is 0 Å². The van der Waals surface area contributed by atoms with Gasteiger partial charge in [-0.3, -0.25) is 4.79 Å². The molecular formula is C15H21N5O. The Bertz CT molecular complexity index is 591. The maximum atomic E-state index is 12.5. The van der Waals surface area contributed by atoms with E-state index >= 15 is 0 Å². The number of nitrogens with zero attached hydrogens (tertiary/aromatic N) is 4. The number of anilines is 1. The van der Waals surface area contributed by atoms with Crippen molar-refractivity contribution in [1.29, 1.82) is 0 Å². The number of hydrogen-bond acceptors (Lipinski definition) is 4. The summed E-state index contributed by atoms with van der Waals surface area (Å²) < 4.78 is 1.53. The van der Waals surface area contributed by atoms with Crippen molar-refractivity contribution in [2.24, 2.45) is 5.73 Å². The summed E-state index contributed by atoms with van der Waals surface area (Å²) in [5.41, 5.74) is 7.30. The van der Waals surface area contributed by atoms with Crippen molar-refractivity contribution in [3.63, 3.8) is 0 Å². The average Bonchev–Trinajstić information content (AvgIpc) is 2.88. The number of aromatic nitrogens is 3. The lowest BCUT2D eigenvalue weighted by Gasteiger charge is -2.26. The molecule has 0 aliphatic rings. The van der Waals surface area contributed by atoms with Gasteiger partial charge < -0.3 is 10.6 Å². The zero-order valence-corrected chi connectivity index (χ0v) is 12.6. The third-order valence-corrected chi connectivity index (χ3v) is 3.14. The highest BCUT2D eigenvalue weighted by Crippen LogP contribution is 2.17. The van der Waals surface area contributed by atoms with Crippen LogP contribution < -0.4 is 10.6 Å². The first-order valence-corrected chi connectivity index (χ1v) is 7.01. The molecule has 0 saturated carbocycles. The number of carbonyl (C=O) groups excluding carboxylic acids is 1. The first-order chi connectivity index (χ1) is 9.99. The van der Waals surface area contributed by atoms with Crippen LogP contribution in [0.25, 0.3) is 0 Å². The molecular weight excluding hydrogens is 266 g/mol. The molecule has 2 aromatic rings. The Morgan fingerprint density at radius 3 is 2.48 bits per heavy atom. The molecule has 1 aromatic heterocycles. The largest absolute Gasteiger partial charge is 0.323 e. The van der Waals surface area contributed by atoms with E-state index in [9.17, 15) is 4.79 Å². The van der Waals surface area contributed by atoms with Gasteiger partial charge in [0.25, 0.3) is 0 Å². The van der Waals surface area contributed by atoms with Crippen molar-refractivity contribution in [3.8, 4) is 0 Å². The van der Waals surface area contributed by atoms with Crippen molar-refractivity contribution in [2.45, 2.75) is 39.4 Å². The molecule has 0 aliphatic carbocycles. The van der Waals surface area contributed by atoms with Gasteiger partial charge in [0, 0.05) is 17.8 Å². The number of rotatable bonds is 5. The van der Waals surface area contributed by atoms with Gasteiger partial charge in [0.2, 0.25) is 5.91 Å². The van der Waals surface area contributed by atoms with Gasteiger partial charge in [-0.2, -0.15) is 0 Å². The van der Waals surface area contributed by atoms with E-state index in [0.29, 0.717) is 5.69 Å². The van der Waals surface area contributed by atoms with Crippen molar-refractivity contribution in [1.82, 2.24) is 15.0 Å². The number of hydrogen-bond donors (Lipinski definition) is 1. The van der Waals surface area contributed by atoms with E-state index in [2.05, 4.69) is 10.3 Å². The average molecular weight is 287 g/mol. The zero-order chi connectivity index (χ0) is 15.4. The number of para-hydroxylation sites is 1. The first-order valence-electron chi connectivity index (χ1n) is 7.01. The van der Waals surface area contributed by atoms with E-state index in [1.54, 1.807) is 11.1 Å². The molecule has 1 heterocycles. The second kappa shape index (κ2) is 6.49. The molecule has 2 N–H and O–H groups in total. The van der Waals surface area contributed by atoms with Gasteiger partial charge in [0.05, 0.1) is 11.9 Å². The normalized spacial score (nSPS) is 12.4. The third-order valence-electron chi connectivity index (χ3n) is 3.14. The molecule has 1 atom stereocenters. The van der Waals surface area contributed by atoms with Crippen LogP contribution in [0.2, 0.25) is 0 Å². The third kappa shape index (κ3) is 3.66. The summed E-state index contributed by atoms with van der Waals surface area (Å²) in [7, 11) is 0. The number of nitrogens with two attached hydrogens (primary N) is 1. The Labute approximate surface area is 124 Å². The molecule has 6 heteroatoms. The van der Waals surface area contributed by atoms with Gasteiger partial charge in [-0.25, -0.2) is 4.68 Å². The second-order valence-corrected chi connectivity index (χ2v) is 5.32. The molecule has 0 radical (unpaired) electrons.